The van der Waals surface area contributed by atoms with E-state index in [0.29, 0.717) is 37.8 Å². The SMILES string of the molecule is O=C1CCOCC1c1nc(Cc2cccc(Br)c2)no1. The van der Waals surface area contributed by atoms with Crippen LogP contribution in [-0.4, -0.2) is 29.1 Å². The van der Waals surface area contributed by atoms with Gasteiger partial charge in [-0.15, -0.1) is 0 Å². The number of Topliss-reactive ketones (excluding diaryl/α,β-unsaturated/α-hetero) is 1. The van der Waals surface area contributed by atoms with Gasteiger partial charge in [0.15, 0.2) is 5.82 Å². The highest BCUT2D eigenvalue weighted by Gasteiger charge is 2.29. The number of halogens is 1. The Balaban J connectivity index is 1.75. The van der Waals surface area contributed by atoms with Gasteiger partial charge < -0.3 is 9.26 Å². The van der Waals surface area contributed by atoms with E-state index in [1.54, 1.807) is 0 Å². The van der Waals surface area contributed by atoms with Crippen LogP contribution < -0.4 is 0 Å². The summed E-state index contributed by atoms with van der Waals surface area (Å²) in [6.45, 7) is 0.811. The zero-order valence-electron chi connectivity index (χ0n) is 10.7. The summed E-state index contributed by atoms with van der Waals surface area (Å²) >= 11 is 3.43. The Bertz CT molecular complexity index is 626. The number of hydrogen-bond acceptors (Lipinski definition) is 5. The summed E-state index contributed by atoms with van der Waals surface area (Å²) in [6, 6.07) is 7.92. The predicted octanol–water partition coefficient (Wildman–Crippen LogP) is 2.50. The molecule has 1 fully saturated rings. The van der Waals surface area contributed by atoms with Crippen molar-refractivity contribution in [1.82, 2.24) is 10.1 Å². The van der Waals surface area contributed by atoms with E-state index in [0.717, 1.165) is 10.0 Å². The van der Waals surface area contributed by atoms with Crippen LogP contribution in [0.2, 0.25) is 0 Å². The van der Waals surface area contributed by atoms with E-state index in [1.807, 2.05) is 24.3 Å². The van der Waals surface area contributed by atoms with Crippen LogP contribution in [0.4, 0.5) is 0 Å². The lowest BCUT2D eigenvalue weighted by Gasteiger charge is -2.17. The fourth-order valence-corrected chi connectivity index (χ4v) is 2.61. The number of benzene rings is 1. The number of carbonyl (C=O) groups is 1. The minimum absolute atomic E-state index is 0.105. The van der Waals surface area contributed by atoms with Crippen LogP contribution in [0.5, 0.6) is 0 Å². The largest absolute Gasteiger partial charge is 0.380 e. The van der Waals surface area contributed by atoms with Crippen LogP contribution >= 0.6 is 15.9 Å². The lowest BCUT2D eigenvalue weighted by atomic mass is 10.0. The molecule has 0 saturated carbocycles. The third-order valence-corrected chi connectivity index (χ3v) is 3.69. The van der Waals surface area contributed by atoms with Gasteiger partial charge >= 0.3 is 0 Å². The average Bonchev–Trinajstić information content (AvgIpc) is 2.87. The van der Waals surface area contributed by atoms with Crippen LogP contribution in [0.3, 0.4) is 0 Å². The third kappa shape index (κ3) is 2.96. The van der Waals surface area contributed by atoms with Crippen molar-refractivity contribution >= 4 is 21.7 Å². The highest BCUT2D eigenvalue weighted by Crippen LogP contribution is 2.21. The lowest BCUT2D eigenvalue weighted by molar-refractivity contribution is -0.127. The van der Waals surface area contributed by atoms with Gasteiger partial charge in [-0.25, -0.2) is 0 Å². The highest BCUT2D eigenvalue weighted by molar-refractivity contribution is 9.10. The van der Waals surface area contributed by atoms with Crippen molar-refractivity contribution in [2.75, 3.05) is 13.2 Å². The van der Waals surface area contributed by atoms with Crippen molar-refractivity contribution < 1.29 is 14.1 Å². The molecule has 2 heterocycles. The monoisotopic (exact) mass is 336 g/mol. The molecule has 1 aromatic carbocycles. The number of ketones is 1. The van der Waals surface area contributed by atoms with Gasteiger partial charge in [0, 0.05) is 17.3 Å². The number of ether oxygens (including phenoxy) is 1. The molecule has 0 N–H and O–H groups in total. The Labute approximate surface area is 124 Å². The smallest absolute Gasteiger partial charge is 0.239 e. The molecule has 0 aliphatic carbocycles. The van der Waals surface area contributed by atoms with Crippen molar-refractivity contribution in [3.8, 4) is 0 Å². The third-order valence-electron chi connectivity index (χ3n) is 3.20. The van der Waals surface area contributed by atoms with E-state index >= 15 is 0 Å². The maximum atomic E-state index is 11.8. The fraction of sp³-hybridized carbons (Fsp3) is 0.357. The molecule has 104 valence electrons. The Morgan fingerprint density at radius 2 is 2.30 bits per heavy atom. The molecule has 1 aromatic heterocycles. The number of nitrogens with zero attached hydrogens (tertiary/aromatic N) is 2. The molecule has 3 rings (SSSR count). The normalized spacial score (nSPS) is 19.2. The average molecular weight is 337 g/mol. The summed E-state index contributed by atoms with van der Waals surface area (Å²) in [5.41, 5.74) is 1.08. The summed E-state index contributed by atoms with van der Waals surface area (Å²) in [5, 5.41) is 3.94. The quantitative estimate of drug-likeness (QED) is 0.861. The summed E-state index contributed by atoms with van der Waals surface area (Å²) in [5.74, 6) is 0.637. The zero-order valence-corrected chi connectivity index (χ0v) is 12.3. The molecule has 0 radical (unpaired) electrons. The molecule has 5 nitrogen and oxygen atoms in total. The second-order valence-corrected chi connectivity index (χ2v) is 5.62. The van der Waals surface area contributed by atoms with Crippen molar-refractivity contribution in [2.45, 2.75) is 18.8 Å². The van der Waals surface area contributed by atoms with Gasteiger partial charge in [0.1, 0.15) is 11.7 Å². The van der Waals surface area contributed by atoms with Gasteiger partial charge in [0.05, 0.1) is 13.2 Å². The maximum absolute atomic E-state index is 11.8. The summed E-state index contributed by atoms with van der Waals surface area (Å²) in [4.78, 5) is 16.1. The highest BCUT2D eigenvalue weighted by atomic mass is 79.9. The second-order valence-electron chi connectivity index (χ2n) is 4.70. The second kappa shape index (κ2) is 5.85. The van der Waals surface area contributed by atoms with Gasteiger partial charge in [-0.3, -0.25) is 4.79 Å². The Morgan fingerprint density at radius 3 is 3.10 bits per heavy atom. The topological polar surface area (TPSA) is 65.2 Å². The van der Waals surface area contributed by atoms with E-state index in [1.165, 1.54) is 0 Å². The van der Waals surface area contributed by atoms with E-state index in [2.05, 4.69) is 26.1 Å². The number of rotatable bonds is 3. The minimum atomic E-state index is -0.410. The molecule has 20 heavy (non-hydrogen) atoms. The van der Waals surface area contributed by atoms with Crippen molar-refractivity contribution in [2.24, 2.45) is 0 Å². The van der Waals surface area contributed by atoms with E-state index in [9.17, 15) is 4.79 Å². The first kappa shape index (κ1) is 13.5. The van der Waals surface area contributed by atoms with Crippen LogP contribution in [0.25, 0.3) is 0 Å². The first-order chi connectivity index (χ1) is 9.72. The lowest BCUT2D eigenvalue weighted by Crippen LogP contribution is -2.25. The van der Waals surface area contributed by atoms with Crippen molar-refractivity contribution in [1.29, 1.82) is 0 Å². The molecule has 1 saturated heterocycles. The standard InChI is InChI=1S/C14H13BrN2O3/c15-10-3-1-2-9(6-10)7-13-16-14(20-17-13)11-8-19-5-4-12(11)18/h1-3,6,11H,4-5,7-8H2. The summed E-state index contributed by atoms with van der Waals surface area (Å²) in [6.07, 6.45) is 0.985. The minimum Gasteiger partial charge on any atom is -0.380 e. The fourth-order valence-electron chi connectivity index (χ4n) is 2.16. The molecular weight excluding hydrogens is 324 g/mol. The molecular formula is C14H13BrN2O3. The molecule has 1 aliphatic rings. The predicted molar refractivity (Wildman–Crippen MR) is 74.4 cm³/mol. The van der Waals surface area contributed by atoms with E-state index in [4.69, 9.17) is 9.26 Å². The van der Waals surface area contributed by atoms with E-state index < -0.39 is 5.92 Å². The number of carbonyl (C=O) groups excluding carboxylic acids is 1. The molecule has 1 unspecified atom stereocenters. The Hall–Kier alpha value is -1.53. The van der Waals surface area contributed by atoms with E-state index in [-0.39, 0.29) is 5.78 Å². The van der Waals surface area contributed by atoms with Crippen molar-refractivity contribution in [3.63, 3.8) is 0 Å². The number of aromatic nitrogens is 2. The molecule has 1 aliphatic heterocycles. The number of hydrogen-bond donors (Lipinski definition) is 0. The molecule has 1 atom stereocenters. The van der Waals surface area contributed by atoms with Crippen LogP contribution in [0, 0.1) is 0 Å². The first-order valence-corrected chi connectivity index (χ1v) is 7.19. The molecule has 0 amide bonds. The molecule has 6 heteroatoms. The molecule has 0 bridgehead atoms. The van der Waals surface area contributed by atoms with Gasteiger partial charge in [0.2, 0.25) is 5.89 Å². The summed E-state index contributed by atoms with van der Waals surface area (Å²) < 4.78 is 11.5. The van der Waals surface area contributed by atoms with Gasteiger partial charge in [-0.2, -0.15) is 4.98 Å². The van der Waals surface area contributed by atoms with Crippen molar-refractivity contribution in [3.05, 3.63) is 46.0 Å². The van der Waals surface area contributed by atoms with Gasteiger partial charge in [-0.05, 0) is 17.7 Å². The van der Waals surface area contributed by atoms with Crippen LogP contribution in [-0.2, 0) is 16.0 Å². The van der Waals surface area contributed by atoms with Crippen LogP contribution in [0.15, 0.2) is 33.3 Å². The Morgan fingerprint density at radius 1 is 1.40 bits per heavy atom. The van der Waals surface area contributed by atoms with Crippen LogP contribution in [0.1, 0.15) is 29.6 Å². The molecule has 2 aromatic rings. The zero-order chi connectivity index (χ0) is 13.9. The Kier molecular flexibility index (Phi) is 3.93. The summed E-state index contributed by atoms with van der Waals surface area (Å²) in [7, 11) is 0. The maximum Gasteiger partial charge on any atom is 0.239 e. The molecule has 0 spiro atoms. The van der Waals surface area contributed by atoms with Gasteiger partial charge in [0.25, 0.3) is 0 Å². The van der Waals surface area contributed by atoms with Gasteiger partial charge in [-0.1, -0.05) is 33.2 Å². The first-order valence-electron chi connectivity index (χ1n) is 6.40.